The second-order valence-electron chi connectivity index (χ2n) is 5.57. The fourth-order valence-electron chi connectivity index (χ4n) is 1.99. The minimum absolute atomic E-state index is 0.125. The van der Waals surface area contributed by atoms with E-state index in [4.69, 9.17) is 18.9 Å². The number of methoxy groups -OCH3 is 3. The molecule has 0 aromatic heterocycles. The van der Waals surface area contributed by atoms with Crippen molar-refractivity contribution in [3.63, 3.8) is 0 Å². The van der Waals surface area contributed by atoms with Gasteiger partial charge in [-0.25, -0.2) is 9.59 Å². The molecule has 0 radical (unpaired) electrons. The molecule has 148 valence electrons. The summed E-state index contributed by atoms with van der Waals surface area (Å²) in [6.45, 7) is 2.91. The van der Waals surface area contributed by atoms with Gasteiger partial charge in [-0.1, -0.05) is 0 Å². The van der Waals surface area contributed by atoms with Gasteiger partial charge in [-0.3, -0.25) is 10.1 Å². The highest BCUT2D eigenvalue weighted by Crippen LogP contribution is 2.35. The number of carbonyl (C=O) groups is 3. The minimum atomic E-state index is -0.758. The van der Waals surface area contributed by atoms with E-state index in [1.54, 1.807) is 26.0 Å². The second kappa shape index (κ2) is 10.7. The highest BCUT2D eigenvalue weighted by atomic mass is 16.5. The number of esters is 1. The van der Waals surface area contributed by atoms with Gasteiger partial charge in [-0.2, -0.15) is 0 Å². The summed E-state index contributed by atoms with van der Waals surface area (Å²) in [6.07, 6.45) is 2.58. The summed E-state index contributed by atoms with van der Waals surface area (Å²) in [6, 6.07) is 2.46. The molecule has 0 saturated heterocycles. The van der Waals surface area contributed by atoms with E-state index in [2.05, 4.69) is 5.32 Å². The zero-order chi connectivity index (χ0) is 20.4. The third-order valence-electron chi connectivity index (χ3n) is 3.15. The van der Waals surface area contributed by atoms with Gasteiger partial charge in [0.15, 0.2) is 18.1 Å². The summed E-state index contributed by atoms with van der Waals surface area (Å²) in [7, 11) is 4.46. The minimum Gasteiger partial charge on any atom is -0.496 e. The number of hydrogen-bond acceptors (Lipinski definition) is 7. The van der Waals surface area contributed by atoms with Gasteiger partial charge < -0.3 is 24.3 Å². The maximum atomic E-state index is 11.8. The monoisotopic (exact) mass is 380 g/mol. The lowest BCUT2D eigenvalue weighted by Crippen LogP contribution is -2.43. The first-order valence-corrected chi connectivity index (χ1v) is 8.05. The maximum Gasteiger partial charge on any atom is 0.331 e. The Bertz CT molecular complexity index is 714. The van der Waals surface area contributed by atoms with Gasteiger partial charge >= 0.3 is 12.0 Å². The maximum absolute atomic E-state index is 11.8. The van der Waals surface area contributed by atoms with Crippen molar-refractivity contribution < 1.29 is 33.3 Å². The average Bonchev–Trinajstić information content (AvgIpc) is 2.62. The number of hydrogen-bond donors (Lipinski definition) is 2. The van der Waals surface area contributed by atoms with Crippen molar-refractivity contribution in [3.05, 3.63) is 23.8 Å². The number of rotatable bonds is 8. The number of imide groups is 1. The van der Waals surface area contributed by atoms with Crippen LogP contribution in [0.4, 0.5) is 4.79 Å². The van der Waals surface area contributed by atoms with Crippen LogP contribution < -0.4 is 24.8 Å². The van der Waals surface area contributed by atoms with E-state index in [0.29, 0.717) is 22.8 Å². The molecule has 1 aromatic rings. The normalized spacial score (nSPS) is 10.4. The number of amides is 3. The van der Waals surface area contributed by atoms with Crippen molar-refractivity contribution in [1.82, 2.24) is 10.6 Å². The van der Waals surface area contributed by atoms with Crippen LogP contribution in [0.5, 0.6) is 17.2 Å². The number of ether oxygens (including phenoxy) is 4. The Hall–Kier alpha value is -3.23. The van der Waals surface area contributed by atoms with Gasteiger partial charge in [0.25, 0.3) is 5.91 Å². The lowest BCUT2D eigenvalue weighted by Gasteiger charge is -2.12. The van der Waals surface area contributed by atoms with E-state index >= 15 is 0 Å². The highest BCUT2D eigenvalue weighted by molar-refractivity contribution is 5.96. The van der Waals surface area contributed by atoms with Gasteiger partial charge in [-0.15, -0.1) is 0 Å². The van der Waals surface area contributed by atoms with E-state index in [1.807, 2.05) is 5.32 Å². The molecule has 2 N–H and O–H groups in total. The van der Waals surface area contributed by atoms with Crippen LogP contribution in [-0.4, -0.2) is 51.9 Å². The van der Waals surface area contributed by atoms with Crippen LogP contribution >= 0.6 is 0 Å². The molecule has 0 saturated carbocycles. The van der Waals surface area contributed by atoms with Crippen molar-refractivity contribution in [3.8, 4) is 17.2 Å². The largest absolute Gasteiger partial charge is 0.496 e. The summed E-state index contributed by atoms with van der Waals surface area (Å²) in [4.78, 5) is 34.7. The first kappa shape index (κ1) is 21.8. The molecular formula is C18H24N2O7. The summed E-state index contributed by atoms with van der Waals surface area (Å²) in [5, 5.41) is 4.53. The SMILES string of the molecule is COc1cc(OC)c(OC)cc1/C=C/C(=O)OCC(=O)NC(=O)NC(C)C. The van der Waals surface area contributed by atoms with Crippen LogP contribution in [-0.2, 0) is 14.3 Å². The number of nitrogens with one attached hydrogen (secondary N) is 2. The van der Waals surface area contributed by atoms with E-state index in [1.165, 1.54) is 27.4 Å². The summed E-state index contributed by atoms with van der Waals surface area (Å²) < 4.78 is 20.4. The Labute approximate surface area is 157 Å². The molecule has 0 bridgehead atoms. The zero-order valence-corrected chi connectivity index (χ0v) is 16.0. The number of carbonyl (C=O) groups excluding carboxylic acids is 3. The quantitative estimate of drug-likeness (QED) is 0.519. The highest BCUT2D eigenvalue weighted by Gasteiger charge is 2.12. The lowest BCUT2D eigenvalue weighted by atomic mass is 10.1. The van der Waals surface area contributed by atoms with E-state index in [9.17, 15) is 14.4 Å². The molecule has 0 aliphatic carbocycles. The smallest absolute Gasteiger partial charge is 0.331 e. The molecule has 9 heteroatoms. The molecule has 27 heavy (non-hydrogen) atoms. The van der Waals surface area contributed by atoms with Gasteiger partial charge in [0.2, 0.25) is 0 Å². The van der Waals surface area contributed by atoms with Gasteiger partial charge in [-0.05, 0) is 26.0 Å². The van der Waals surface area contributed by atoms with Crippen LogP contribution in [0.15, 0.2) is 18.2 Å². The molecule has 0 aliphatic rings. The summed E-state index contributed by atoms with van der Waals surface area (Å²) >= 11 is 0. The Morgan fingerprint density at radius 1 is 1.00 bits per heavy atom. The average molecular weight is 380 g/mol. The molecule has 0 unspecified atom stereocenters. The van der Waals surface area contributed by atoms with Crippen LogP contribution in [0.1, 0.15) is 19.4 Å². The summed E-state index contributed by atoms with van der Waals surface area (Å²) in [5.74, 6) is -0.100. The molecule has 9 nitrogen and oxygen atoms in total. The van der Waals surface area contributed by atoms with Crippen molar-refractivity contribution in [2.24, 2.45) is 0 Å². The summed E-state index contributed by atoms with van der Waals surface area (Å²) in [5.41, 5.74) is 0.549. The molecule has 0 heterocycles. The van der Waals surface area contributed by atoms with Crippen LogP contribution in [0, 0.1) is 0 Å². The zero-order valence-electron chi connectivity index (χ0n) is 16.0. The third-order valence-corrected chi connectivity index (χ3v) is 3.15. The molecule has 1 aromatic carbocycles. The lowest BCUT2D eigenvalue weighted by molar-refractivity contribution is -0.143. The number of benzene rings is 1. The van der Waals surface area contributed by atoms with Crippen molar-refractivity contribution in [2.45, 2.75) is 19.9 Å². The Kier molecular flexibility index (Phi) is 8.64. The van der Waals surface area contributed by atoms with Crippen LogP contribution in [0.25, 0.3) is 6.08 Å². The topological polar surface area (TPSA) is 112 Å². The molecule has 0 atom stereocenters. The molecule has 1 rings (SSSR count). The van der Waals surface area contributed by atoms with Gasteiger partial charge in [0.1, 0.15) is 5.75 Å². The standard InChI is InChI=1S/C18H24N2O7/c1-11(2)19-18(23)20-16(21)10-27-17(22)7-6-12-8-14(25-4)15(26-5)9-13(12)24-3/h6-9,11H,10H2,1-5H3,(H2,19,20,21,23)/b7-6+. The third kappa shape index (κ3) is 7.27. The second-order valence-corrected chi connectivity index (χ2v) is 5.57. The fourth-order valence-corrected chi connectivity index (χ4v) is 1.99. The fraction of sp³-hybridized carbons (Fsp3) is 0.389. The Morgan fingerprint density at radius 3 is 2.15 bits per heavy atom. The molecule has 0 aliphatic heterocycles. The first-order chi connectivity index (χ1) is 12.8. The Balaban J connectivity index is 2.68. The molecule has 0 fully saturated rings. The predicted octanol–water partition coefficient (Wildman–Crippen LogP) is 1.50. The molecular weight excluding hydrogens is 356 g/mol. The predicted molar refractivity (Wildman–Crippen MR) is 97.9 cm³/mol. The van der Waals surface area contributed by atoms with Crippen molar-refractivity contribution in [2.75, 3.05) is 27.9 Å². The van der Waals surface area contributed by atoms with E-state index in [0.717, 1.165) is 6.08 Å². The molecule has 3 amide bonds. The molecule has 0 spiro atoms. The Morgan fingerprint density at radius 2 is 1.59 bits per heavy atom. The van der Waals surface area contributed by atoms with Crippen molar-refractivity contribution >= 4 is 24.0 Å². The van der Waals surface area contributed by atoms with Crippen LogP contribution in [0.3, 0.4) is 0 Å². The number of urea groups is 1. The van der Waals surface area contributed by atoms with E-state index < -0.39 is 24.5 Å². The van der Waals surface area contributed by atoms with Gasteiger partial charge in [0.05, 0.1) is 21.3 Å². The van der Waals surface area contributed by atoms with Crippen LogP contribution in [0.2, 0.25) is 0 Å². The van der Waals surface area contributed by atoms with Crippen molar-refractivity contribution in [1.29, 1.82) is 0 Å². The first-order valence-electron chi connectivity index (χ1n) is 8.05. The van der Waals surface area contributed by atoms with Gasteiger partial charge in [0, 0.05) is 23.7 Å². The van der Waals surface area contributed by atoms with E-state index in [-0.39, 0.29) is 6.04 Å².